The summed E-state index contributed by atoms with van der Waals surface area (Å²) in [5.41, 5.74) is 3.58. The molecule has 0 aliphatic rings. The van der Waals surface area contributed by atoms with Gasteiger partial charge in [-0.05, 0) is 48.4 Å². The maximum absolute atomic E-state index is 13.0. The predicted molar refractivity (Wildman–Crippen MR) is 149 cm³/mol. The van der Waals surface area contributed by atoms with E-state index in [0.717, 1.165) is 23.1 Å². The second-order valence-electron chi connectivity index (χ2n) is 9.98. The van der Waals surface area contributed by atoms with E-state index in [1.807, 2.05) is 84.9 Å². The lowest BCUT2D eigenvalue weighted by Gasteiger charge is -2.25. The summed E-state index contributed by atoms with van der Waals surface area (Å²) in [5, 5.41) is 2.52. The molecule has 3 aromatic carbocycles. The van der Waals surface area contributed by atoms with Crippen molar-refractivity contribution < 1.29 is 28.6 Å². The van der Waals surface area contributed by atoms with Gasteiger partial charge in [-0.25, -0.2) is 9.59 Å². The number of carbonyl (C=O) groups is 3. The number of alkyl carbamates (subject to hydrolysis) is 1. The van der Waals surface area contributed by atoms with Crippen molar-refractivity contribution in [2.75, 3.05) is 0 Å². The van der Waals surface area contributed by atoms with Crippen molar-refractivity contribution in [3.05, 3.63) is 107 Å². The summed E-state index contributed by atoms with van der Waals surface area (Å²) in [7, 11) is 0. The fourth-order valence-electron chi connectivity index (χ4n) is 3.98. The van der Waals surface area contributed by atoms with Crippen molar-refractivity contribution >= 4 is 18.0 Å². The Morgan fingerprint density at radius 1 is 0.667 bits per heavy atom. The van der Waals surface area contributed by atoms with Crippen molar-refractivity contribution in [2.45, 2.75) is 65.4 Å². The molecular weight excluding hydrogens is 494 g/mol. The summed E-state index contributed by atoms with van der Waals surface area (Å²) >= 11 is 0. The maximum atomic E-state index is 13.0. The summed E-state index contributed by atoms with van der Waals surface area (Å²) in [4.78, 5) is 38.6. The fourth-order valence-corrected chi connectivity index (χ4v) is 3.98. The molecular formula is C32H37NO6. The van der Waals surface area contributed by atoms with Gasteiger partial charge in [0.15, 0.2) is 6.04 Å². The summed E-state index contributed by atoms with van der Waals surface area (Å²) in [6.45, 7) is 7.64. The van der Waals surface area contributed by atoms with Gasteiger partial charge in [-0.3, -0.25) is 4.79 Å². The Kier molecular flexibility index (Phi) is 11.1. The molecule has 0 fully saturated rings. The summed E-state index contributed by atoms with van der Waals surface area (Å²) in [6, 6.07) is 24.9. The zero-order chi connectivity index (χ0) is 28.2. The summed E-state index contributed by atoms with van der Waals surface area (Å²) in [6.07, 6.45) is -0.875. The molecule has 39 heavy (non-hydrogen) atoms. The number of ether oxygens (including phenoxy) is 3. The van der Waals surface area contributed by atoms with Crippen LogP contribution in [0.5, 0.6) is 0 Å². The fraction of sp³-hybridized carbons (Fsp3) is 0.344. The lowest BCUT2D eigenvalue weighted by atomic mass is 9.97. The van der Waals surface area contributed by atoms with Crippen LogP contribution in [0.25, 0.3) is 0 Å². The molecule has 0 heterocycles. The summed E-state index contributed by atoms with van der Waals surface area (Å²) < 4.78 is 16.4. The van der Waals surface area contributed by atoms with Crippen LogP contribution in [0.1, 0.15) is 55.9 Å². The molecule has 3 atom stereocenters. The van der Waals surface area contributed by atoms with E-state index in [9.17, 15) is 14.4 Å². The minimum absolute atomic E-state index is 0.0106. The molecule has 0 aromatic heterocycles. The van der Waals surface area contributed by atoms with Crippen molar-refractivity contribution in [2.24, 2.45) is 5.92 Å². The average Bonchev–Trinajstić information content (AvgIpc) is 2.94. The van der Waals surface area contributed by atoms with Crippen LogP contribution in [0.15, 0.2) is 84.9 Å². The van der Waals surface area contributed by atoms with Crippen LogP contribution >= 0.6 is 0 Å². The Morgan fingerprint density at radius 2 is 1.21 bits per heavy atom. The molecule has 7 heteroatoms. The Bertz CT molecular complexity index is 1190. The van der Waals surface area contributed by atoms with Gasteiger partial charge in [-0.2, -0.15) is 0 Å². The third-order valence-corrected chi connectivity index (χ3v) is 6.21. The largest absolute Gasteiger partial charge is 0.459 e. The number of nitrogens with one attached hydrogen (secondary N) is 1. The summed E-state index contributed by atoms with van der Waals surface area (Å²) in [5.74, 6) is -1.28. The van der Waals surface area contributed by atoms with Crippen molar-refractivity contribution in [3.8, 4) is 0 Å². The number of rotatable bonds is 12. The SMILES string of the molecule is CC(C)Cc1ccc([C@@H](C)C(=O)O[C@@H](C)[C@H](NC(=O)OCc2ccccc2)C(=O)OCc2ccccc2)cc1. The third kappa shape index (κ3) is 9.60. The normalized spacial score (nSPS) is 13.2. The molecule has 7 nitrogen and oxygen atoms in total. The average molecular weight is 532 g/mol. The highest BCUT2D eigenvalue weighted by atomic mass is 16.6. The van der Waals surface area contributed by atoms with Crippen LogP contribution in [-0.2, 0) is 43.4 Å². The molecule has 0 aliphatic heterocycles. The van der Waals surface area contributed by atoms with Gasteiger partial charge >= 0.3 is 18.0 Å². The monoisotopic (exact) mass is 531 g/mol. The Morgan fingerprint density at radius 3 is 1.74 bits per heavy atom. The van der Waals surface area contributed by atoms with Gasteiger partial charge in [0.1, 0.15) is 19.3 Å². The Balaban J connectivity index is 1.65. The number of amides is 1. The molecule has 1 N–H and O–H groups in total. The second-order valence-corrected chi connectivity index (χ2v) is 9.98. The standard InChI is InChI=1S/C32H37NO6/c1-22(2)19-25-15-17-28(18-16-25)23(3)30(34)39-24(4)29(31(35)37-20-26-11-7-5-8-12-26)33-32(36)38-21-27-13-9-6-10-14-27/h5-18,22-24,29H,19-21H2,1-4H3,(H,33,36)/t23-,24+,29+/m1/s1. The number of hydrogen-bond acceptors (Lipinski definition) is 6. The quantitative estimate of drug-likeness (QED) is 0.229. The third-order valence-electron chi connectivity index (χ3n) is 6.21. The smallest absolute Gasteiger partial charge is 0.408 e. The van der Waals surface area contributed by atoms with Crippen molar-refractivity contribution in [3.63, 3.8) is 0 Å². The van der Waals surface area contributed by atoms with Gasteiger partial charge in [0.2, 0.25) is 0 Å². The van der Waals surface area contributed by atoms with E-state index in [0.29, 0.717) is 5.92 Å². The van der Waals surface area contributed by atoms with Gasteiger partial charge in [-0.15, -0.1) is 0 Å². The van der Waals surface area contributed by atoms with Gasteiger partial charge < -0.3 is 19.5 Å². The van der Waals surface area contributed by atoms with Gasteiger partial charge in [-0.1, -0.05) is 98.8 Å². The van der Waals surface area contributed by atoms with Crippen LogP contribution in [0.3, 0.4) is 0 Å². The molecule has 0 radical (unpaired) electrons. The van der Waals surface area contributed by atoms with Gasteiger partial charge in [0.25, 0.3) is 0 Å². The van der Waals surface area contributed by atoms with Crippen LogP contribution in [0.2, 0.25) is 0 Å². The minimum atomic E-state index is -1.26. The minimum Gasteiger partial charge on any atom is -0.459 e. The number of esters is 2. The highest BCUT2D eigenvalue weighted by molar-refractivity contribution is 5.83. The molecule has 0 aliphatic carbocycles. The topological polar surface area (TPSA) is 90.9 Å². The Labute approximate surface area is 230 Å². The van der Waals surface area contributed by atoms with E-state index in [4.69, 9.17) is 14.2 Å². The predicted octanol–water partition coefficient (Wildman–Crippen LogP) is 5.96. The van der Waals surface area contributed by atoms with Crippen LogP contribution in [0.4, 0.5) is 4.79 Å². The molecule has 3 rings (SSSR count). The van der Waals surface area contributed by atoms with E-state index >= 15 is 0 Å². The van der Waals surface area contributed by atoms with Crippen molar-refractivity contribution in [1.29, 1.82) is 0 Å². The van der Waals surface area contributed by atoms with E-state index in [1.165, 1.54) is 5.56 Å². The zero-order valence-electron chi connectivity index (χ0n) is 23.0. The number of benzene rings is 3. The molecule has 1 amide bonds. The molecule has 0 saturated carbocycles. The highest BCUT2D eigenvalue weighted by Crippen LogP contribution is 2.20. The van der Waals surface area contributed by atoms with Crippen LogP contribution in [0, 0.1) is 5.92 Å². The van der Waals surface area contributed by atoms with E-state index in [-0.39, 0.29) is 13.2 Å². The van der Waals surface area contributed by atoms with Crippen molar-refractivity contribution in [1.82, 2.24) is 5.32 Å². The first-order chi connectivity index (χ1) is 18.7. The molecule has 0 saturated heterocycles. The second kappa shape index (κ2) is 14.7. The number of carbonyl (C=O) groups excluding carboxylic acids is 3. The lowest BCUT2D eigenvalue weighted by Crippen LogP contribution is -2.50. The van der Waals surface area contributed by atoms with Gasteiger partial charge in [0, 0.05) is 0 Å². The number of hydrogen-bond donors (Lipinski definition) is 1. The van der Waals surface area contributed by atoms with Crippen LogP contribution in [-0.4, -0.2) is 30.2 Å². The first-order valence-corrected chi connectivity index (χ1v) is 13.2. The zero-order valence-corrected chi connectivity index (χ0v) is 23.0. The Hall–Kier alpha value is -4.13. The van der Waals surface area contributed by atoms with E-state index < -0.39 is 36.1 Å². The molecule has 206 valence electrons. The first kappa shape index (κ1) is 29.4. The van der Waals surface area contributed by atoms with E-state index in [1.54, 1.807) is 13.8 Å². The molecule has 0 unspecified atom stereocenters. The molecule has 0 bridgehead atoms. The first-order valence-electron chi connectivity index (χ1n) is 13.2. The lowest BCUT2D eigenvalue weighted by molar-refractivity contribution is -0.159. The van der Waals surface area contributed by atoms with Crippen LogP contribution < -0.4 is 5.32 Å². The van der Waals surface area contributed by atoms with E-state index in [2.05, 4.69) is 19.2 Å². The molecule has 3 aromatic rings. The van der Waals surface area contributed by atoms with Gasteiger partial charge in [0.05, 0.1) is 5.92 Å². The molecule has 0 spiro atoms. The highest BCUT2D eigenvalue weighted by Gasteiger charge is 2.33. The maximum Gasteiger partial charge on any atom is 0.408 e.